The van der Waals surface area contributed by atoms with Gasteiger partial charge in [-0.25, -0.2) is 0 Å². The maximum absolute atomic E-state index is 12.0. The number of aromatic amines is 1. The van der Waals surface area contributed by atoms with E-state index in [1.54, 1.807) is 4.90 Å². The van der Waals surface area contributed by atoms with Crippen molar-refractivity contribution in [2.45, 2.75) is 12.7 Å². The molecule has 2 heterocycles. The predicted molar refractivity (Wildman–Crippen MR) is 84.8 cm³/mol. The summed E-state index contributed by atoms with van der Waals surface area (Å²) in [6.45, 7) is 1.74. The van der Waals surface area contributed by atoms with Crippen molar-refractivity contribution in [2.24, 2.45) is 0 Å². The monoisotopic (exact) mass is 308 g/mol. The molecule has 4 rings (SSSR count). The molecule has 1 saturated heterocycles. The maximum atomic E-state index is 12.0. The van der Waals surface area contributed by atoms with Gasteiger partial charge in [-0.05, 0) is 16.3 Å². The van der Waals surface area contributed by atoms with E-state index >= 15 is 0 Å². The highest BCUT2D eigenvalue weighted by Gasteiger charge is 2.32. The Kier molecular flexibility index (Phi) is 3.51. The highest BCUT2D eigenvalue weighted by molar-refractivity contribution is 5.92. The molecule has 1 aromatic heterocycles. The Balaban J connectivity index is 1.35. The minimum atomic E-state index is -0.108. The van der Waals surface area contributed by atoms with Gasteiger partial charge in [0.1, 0.15) is 0 Å². The van der Waals surface area contributed by atoms with E-state index in [9.17, 15) is 4.79 Å². The molecular weight excluding hydrogens is 292 g/mol. The van der Waals surface area contributed by atoms with Crippen molar-refractivity contribution in [1.82, 2.24) is 20.3 Å². The van der Waals surface area contributed by atoms with E-state index in [1.807, 2.05) is 18.2 Å². The first kappa shape index (κ1) is 13.9. The summed E-state index contributed by atoms with van der Waals surface area (Å²) >= 11 is 0. The summed E-state index contributed by atoms with van der Waals surface area (Å²) in [5.41, 5.74) is 1.52. The van der Waals surface area contributed by atoms with Crippen LogP contribution in [0, 0.1) is 0 Å². The van der Waals surface area contributed by atoms with Crippen LogP contribution in [0.15, 0.2) is 48.7 Å². The van der Waals surface area contributed by atoms with Crippen LogP contribution in [0.1, 0.15) is 16.1 Å². The number of aromatic nitrogens is 3. The average Bonchev–Trinajstić information content (AvgIpc) is 3.08. The Hall–Kier alpha value is -2.73. The lowest BCUT2D eigenvalue weighted by Crippen LogP contribution is -2.54. The van der Waals surface area contributed by atoms with Crippen LogP contribution in [-0.4, -0.2) is 45.4 Å². The highest BCUT2D eigenvalue weighted by Crippen LogP contribution is 2.21. The molecule has 0 aliphatic carbocycles. The summed E-state index contributed by atoms with van der Waals surface area (Å²) in [6.07, 6.45) is 1.51. The first-order chi connectivity index (χ1) is 11.3. The molecule has 6 heteroatoms. The van der Waals surface area contributed by atoms with Crippen molar-refractivity contribution in [2.75, 3.05) is 13.1 Å². The fraction of sp³-hybridized carbons (Fsp3) is 0.235. The normalized spacial score (nSPS) is 14.9. The SMILES string of the molecule is O=C(c1cn[nH]n1)N1CC(OCc2cccc3ccccc23)C1. The molecule has 0 bridgehead atoms. The van der Waals surface area contributed by atoms with Crippen LogP contribution in [0.4, 0.5) is 0 Å². The molecule has 3 aromatic rings. The molecule has 23 heavy (non-hydrogen) atoms. The molecule has 1 aliphatic rings. The van der Waals surface area contributed by atoms with Crippen LogP contribution in [0.25, 0.3) is 10.8 Å². The smallest absolute Gasteiger partial charge is 0.276 e. The Labute approximate surface area is 133 Å². The van der Waals surface area contributed by atoms with E-state index in [1.165, 1.54) is 22.5 Å². The third kappa shape index (κ3) is 2.68. The fourth-order valence-corrected chi connectivity index (χ4v) is 2.80. The zero-order valence-corrected chi connectivity index (χ0v) is 12.5. The lowest BCUT2D eigenvalue weighted by atomic mass is 10.1. The molecular formula is C17H16N4O2. The van der Waals surface area contributed by atoms with Gasteiger partial charge in [0.25, 0.3) is 5.91 Å². The van der Waals surface area contributed by atoms with Gasteiger partial charge in [-0.2, -0.15) is 15.4 Å². The summed E-state index contributed by atoms with van der Waals surface area (Å²) in [6, 6.07) is 14.5. The van der Waals surface area contributed by atoms with Crippen LogP contribution >= 0.6 is 0 Å². The third-order valence-electron chi connectivity index (χ3n) is 4.12. The van der Waals surface area contributed by atoms with E-state index in [0.29, 0.717) is 25.4 Å². The third-order valence-corrected chi connectivity index (χ3v) is 4.12. The van der Waals surface area contributed by atoms with E-state index < -0.39 is 0 Å². The predicted octanol–water partition coefficient (Wildman–Crippen LogP) is 2.00. The van der Waals surface area contributed by atoms with Crippen LogP contribution < -0.4 is 0 Å². The van der Waals surface area contributed by atoms with E-state index in [-0.39, 0.29) is 12.0 Å². The van der Waals surface area contributed by atoms with Gasteiger partial charge < -0.3 is 9.64 Å². The second-order valence-corrected chi connectivity index (χ2v) is 5.64. The van der Waals surface area contributed by atoms with Gasteiger partial charge in [0.15, 0.2) is 5.69 Å². The van der Waals surface area contributed by atoms with Crippen molar-refractivity contribution in [3.8, 4) is 0 Å². The molecule has 0 unspecified atom stereocenters. The van der Waals surface area contributed by atoms with Gasteiger partial charge in [-0.3, -0.25) is 4.79 Å². The van der Waals surface area contributed by atoms with Gasteiger partial charge in [0.2, 0.25) is 0 Å². The van der Waals surface area contributed by atoms with Gasteiger partial charge in [-0.15, -0.1) is 0 Å². The number of fused-ring (bicyclic) bond motifs is 1. The first-order valence-electron chi connectivity index (χ1n) is 7.54. The number of ether oxygens (including phenoxy) is 1. The number of hydrogen-bond donors (Lipinski definition) is 1. The molecule has 0 saturated carbocycles. The quantitative estimate of drug-likeness (QED) is 0.800. The number of amides is 1. The number of benzene rings is 2. The molecule has 0 radical (unpaired) electrons. The fourth-order valence-electron chi connectivity index (χ4n) is 2.80. The van der Waals surface area contributed by atoms with Crippen molar-refractivity contribution in [1.29, 1.82) is 0 Å². The first-order valence-corrected chi connectivity index (χ1v) is 7.54. The maximum Gasteiger partial charge on any atom is 0.276 e. The van der Waals surface area contributed by atoms with E-state index in [0.717, 1.165) is 0 Å². The molecule has 1 aliphatic heterocycles. The van der Waals surface area contributed by atoms with Gasteiger partial charge in [0.05, 0.1) is 18.9 Å². The Morgan fingerprint density at radius 3 is 2.87 bits per heavy atom. The molecule has 1 fully saturated rings. The molecule has 1 amide bonds. The van der Waals surface area contributed by atoms with Crippen molar-refractivity contribution in [3.05, 3.63) is 59.9 Å². The number of nitrogens with one attached hydrogen (secondary N) is 1. The number of likely N-dealkylation sites (tertiary alicyclic amines) is 1. The average molecular weight is 308 g/mol. The number of carbonyl (C=O) groups is 1. The van der Waals surface area contributed by atoms with Crippen molar-refractivity contribution < 1.29 is 9.53 Å². The standard InChI is InChI=1S/C17H16N4O2/c22-17(16-8-18-20-19-16)21-9-14(10-21)23-11-13-6-3-5-12-4-1-2-7-15(12)13/h1-8,14H,9-11H2,(H,18,19,20). The van der Waals surface area contributed by atoms with E-state index in [4.69, 9.17) is 4.74 Å². The van der Waals surface area contributed by atoms with Crippen LogP contribution in [0.3, 0.4) is 0 Å². The number of rotatable bonds is 4. The zero-order chi connectivity index (χ0) is 15.6. The molecule has 116 valence electrons. The molecule has 1 N–H and O–H groups in total. The second-order valence-electron chi connectivity index (χ2n) is 5.64. The summed E-state index contributed by atoms with van der Waals surface area (Å²) in [4.78, 5) is 13.7. The lowest BCUT2D eigenvalue weighted by Gasteiger charge is -2.38. The number of H-pyrrole nitrogens is 1. The Bertz CT molecular complexity index is 820. The van der Waals surface area contributed by atoms with Gasteiger partial charge in [0, 0.05) is 13.1 Å². The topological polar surface area (TPSA) is 71.1 Å². The largest absolute Gasteiger partial charge is 0.370 e. The minimum absolute atomic E-state index is 0.0739. The number of nitrogens with zero attached hydrogens (tertiary/aromatic N) is 3. The molecule has 2 aromatic carbocycles. The Morgan fingerprint density at radius 2 is 2.04 bits per heavy atom. The van der Waals surface area contributed by atoms with Gasteiger partial charge >= 0.3 is 0 Å². The van der Waals surface area contributed by atoms with Crippen LogP contribution in [-0.2, 0) is 11.3 Å². The minimum Gasteiger partial charge on any atom is -0.370 e. The molecule has 6 nitrogen and oxygen atoms in total. The number of carbonyl (C=O) groups excluding carboxylic acids is 1. The van der Waals surface area contributed by atoms with Crippen molar-refractivity contribution in [3.63, 3.8) is 0 Å². The zero-order valence-electron chi connectivity index (χ0n) is 12.5. The summed E-state index contributed by atoms with van der Waals surface area (Å²) in [5, 5.41) is 12.3. The summed E-state index contributed by atoms with van der Waals surface area (Å²) < 4.78 is 5.93. The van der Waals surface area contributed by atoms with Crippen LogP contribution in [0.5, 0.6) is 0 Å². The van der Waals surface area contributed by atoms with E-state index in [2.05, 4.69) is 39.7 Å². The van der Waals surface area contributed by atoms with Crippen LogP contribution in [0.2, 0.25) is 0 Å². The van der Waals surface area contributed by atoms with Crippen molar-refractivity contribution >= 4 is 16.7 Å². The second kappa shape index (κ2) is 5.81. The highest BCUT2D eigenvalue weighted by atomic mass is 16.5. The molecule has 0 atom stereocenters. The summed E-state index contributed by atoms with van der Waals surface area (Å²) in [5.74, 6) is -0.108. The van der Waals surface area contributed by atoms with Gasteiger partial charge in [-0.1, -0.05) is 42.5 Å². The number of hydrogen-bond acceptors (Lipinski definition) is 4. The Morgan fingerprint density at radius 1 is 1.22 bits per heavy atom. The molecule has 0 spiro atoms. The lowest BCUT2D eigenvalue weighted by molar-refractivity contribution is -0.0501. The summed E-state index contributed by atoms with van der Waals surface area (Å²) in [7, 11) is 0.